The zero-order chi connectivity index (χ0) is 13.4. The van der Waals surface area contributed by atoms with Crippen LogP contribution in [0, 0.1) is 0 Å². The van der Waals surface area contributed by atoms with E-state index in [1.807, 2.05) is 0 Å². The predicted octanol–water partition coefficient (Wildman–Crippen LogP) is 3.47. The highest BCUT2D eigenvalue weighted by Crippen LogP contribution is 2.23. The standard InChI is InChI=1S/C13H22ClN3O/c1-4-7-18-12-9-15-8-11(16-12)17-13(5-2,6-3)10-14/h8-9H,4-7,10H2,1-3H3,(H,16,17). The number of rotatable bonds is 8. The van der Waals surface area contributed by atoms with Crippen LogP contribution in [0.5, 0.6) is 5.88 Å². The number of alkyl halides is 1. The van der Waals surface area contributed by atoms with Crippen LogP contribution in [0.25, 0.3) is 0 Å². The Morgan fingerprint density at radius 3 is 2.56 bits per heavy atom. The summed E-state index contributed by atoms with van der Waals surface area (Å²) in [6.07, 6.45) is 6.16. The van der Waals surface area contributed by atoms with E-state index in [2.05, 4.69) is 36.1 Å². The van der Waals surface area contributed by atoms with Gasteiger partial charge in [-0.15, -0.1) is 11.6 Å². The summed E-state index contributed by atoms with van der Waals surface area (Å²) >= 11 is 6.06. The van der Waals surface area contributed by atoms with Gasteiger partial charge in [0, 0.05) is 5.88 Å². The van der Waals surface area contributed by atoms with Crippen LogP contribution in [-0.2, 0) is 0 Å². The van der Waals surface area contributed by atoms with E-state index in [-0.39, 0.29) is 5.54 Å². The van der Waals surface area contributed by atoms with Gasteiger partial charge in [0.2, 0.25) is 5.88 Å². The van der Waals surface area contributed by atoms with Crippen molar-refractivity contribution in [2.45, 2.75) is 45.6 Å². The topological polar surface area (TPSA) is 47.0 Å². The number of hydrogen-bond acceptors (Lipinski definition) is 4. The maximum absolute atomic E-state index is 6.06. The molecule has 0 bridgehead atoms. The van der Waals surface area contributed by atoms with E-state index in [1.54, 1.807) is 12.4 Å². The van der Waals surface area contributed by atoms with Crippen LogP contribution in [0.4, 0.5) is 5.82 Å². The zero-order valence-electron chi connectivity index (χ0n) is 11.4. The SMILES string of the molecule is CCCOc1cncc(NC(CC)(CC)CCl)n1. The first-order valence-corrected chi connectivity index (χ1v) is 7.02. The van der Waals surface area contributed by atoms with Gasteiger partial charge < -0.3 is 10.1 Å². The Bertz CT molecular complexity index is 348. The monoisotopic (exact) mass is 271 g/mol. The summed E-state index contributed by atoms with van der Waals surface area (Å²) in [4.78, 5) is 8.52. The number of nitrogens with one attached hydrogen (secondary N) is 1. The lowest BCUT2D eigenvalue weighted by molar-refractivity contribution is 0.304. The molecular formula is C13H22ClN3O. The van der Waals surface area contributed by atoms with Crippen LogP contribution in [0.15, 0.2) is 12.4 Å². The molecule has 0 amide bonds. The number of halogens is 1. The molecule has 1 aromatic heterocycles. The molecule has 0 saturated heterocycles. The van der Waals surface area contributed by atoms with E-state index in [0.717, 1.165) is 19.3 Å². The molecule has 4 nitrogen and oxygen atoms in total. The van der Waals surface area contributed by atoms with Crippen molar-refractivity contribution < 1.29 is 4.74 Å². The molecule has 18 heavy (non-hydrogen) atoms. The first kappa shape index (κ1) is 15.0. The molecule has 0 radical (unpaired) electrons. The Hall–Kier alpha value is -1.03. The van der Waals surface area contributed by atoms with E-state index >= 15 is 0 Å². The van der Waals surface area contributed by atoms with Gasteiger partial charge in [0.15, 0.2) is 0 Å². The smallest absolute Gasteiger partial charge is 0.234 e. The van der Waals surface area contributed by atoms with E-state index in [1.165, 1.54) is 0 Å². The first-order valence-electron chi connectivity index (χ1n) is 6.48. The van der Waals surface area contributed by atoms with Gasteiger partial charge >= 0.3 is 0 Å². The molecule has 0 atom stereocenters. The van der Waals surface area contributed by atoms with Crippen LogP contribution in [-0.4, -0.2) is 28.0 Å². The molecule has 0 aliphatic rings. The highest BCUT2D eigenvalue weighted by Gasteiger charge is 2.25. The summed E-state index contributed by atoms with van der Waals surface area (Å²) < 4.78 is 5.46. The Morgan fingerprint density at radius 2 is 2.00 bits per heavy atom. The van der Waals surface area contributed by atoms with Crippen molar-refractivity contribution in [1.82, 2.24) is 9.97 Å². The molecule has 0 unspecified atom stereocenters. The van der Waals surface area contributed by atoms with Crippen LogP contribution in [0.1, 0.15) is 40.0 Å². The number of anilines is 1. The fraction of sp³-hybridized carbons (Fsp3) is 0.692. The molecule has 1 rings (SSSR count). The van der Waals surface area contributed by atoms with Gasteiger partial charge in [0.1, 0.15) is 5.82 Å². The van der Waals surface area contributed by atoms with Crippen molar-refractivity contribution in [1.29, 1.82) is 0 Å². The van der Waals surface area contributed by atoms with Gasteiger partial charge in [-0.3, -0.25) is 4.98 Å². The number of nitrogens with zero attached hydrogens (tertiary/aromatic N) is 2. The van der Waals surface area contributed by atoms with Gasteiger partial charge in [-0.25, -0.2) is 0 Å². The zero-order valence-corrected chi connectivity index (χ0v) is 12.1. The minimum absolute atomic E-state index is 0.125. The largest absolute Gasteiger partial charge is 0.477 e. The molecule has 0 aliphatic carbocycles. The van der Waals surface area contributed by atoms with Crippen LogP contribution in [0.3, 0.4) is 0 Å². The molecule has 1 N–H and O–H groups in total. The van der Waals surface area contributed by atoms with Gasteiger partial charge in [0.25, 0.3) is 0 Å². The predicted molar refractivity (Wildman–Crippen MR) is 75.5 cm³/mol. The molecule has 0 aromatic carbocycles. The molecule has 0 aliphatic heterocycles. The van der Waals surface area contributed by atoms with Crippen molar-refractivity contribution >= 4 is 17.4 Å². The minimum Gasteiger partial charge on any atom is -0.477 e. The lowest BCUT2D eigenvalue weighted by Gasteiger charge is -2.31. The van der Waals surface area contributed by atoms with Crippen LogP contribution >= 0.6 is 11.6 Å². The molecule has 0 fully saturated rings. The molecular weight excluding hydrogens is 250 g/mol. The molecule has 0 saturated carbocycles. The van der Waals surface area contributed by atoms with Crippen molar-refractivity contribution in [3.63, 3.8) is 0 Å². The first-order chi connectivity index (χ1) is 8.69. The molecule has 1 aromatic rings. The summed E-state index contributed by atoms with van der Waals surface area (Å²) in [7, 11) is 0. The second kappa shape index (κ2) is 7.41. The summed E-state index contributed by atoms with van der Waals surface area (Å²) in [5.74, 6) is 1.81. The highest BCUT2D eigenvalue weighted by molar-refractivity contribution is 6.18. The lowest BCUT2D eigenvalue weighted by atomic mass is 9.95. The average Bonchev–Trinajstić information content (AvgIpc) is 2.43. The van der Waals surface area contributed by atoms with Crippen molar-refractivity contribution in [2.24, 2.45) is 0 Å². The summed E-state index contributed by atoms with van der Waals surface area (Å²) in [5.41, 5.74) is -0.125. The average molecular weight is 272 g/mol. The van der Waals surface area contributed by atoms with Crippen molar-refractivity contribution in [3.8, 4) is 5.88 Å². The van der Waals surface area contributed by atoms with Crippen molar-refractivity contribution in [3.05, 3.63) is 12.4 Å². The summed E-state index contributed by atoms with van der Waals surface area (Å²) in [6.45, 7) is 6.94. The van der Waals surface area contributed by atoms with Gasteiger partial charge in [-0.2, -0.15) is 4.98 Å². The highest BCUT2D eigenvalue weighted by atomic mass is 35.5. The van der Waals surface area contributed by atoms with Gasteiger partial charge in [-0.05, 0) is 19.3 Å². The Balaban J connectivity index is 2.77. The minimum atomic E-state index is -0.125. The molecule has 102 valence electrons. The third-order valence-electron chi connectivity index (χ3n) is 3.07. The number of aromatic nitrogens is 2. The Labute approximate surface area is 114 Å². The number of hydrogen-bond donors (Lipinski definition) is 1. The van der Waals surface area contributed by atoms with Gasteiger partial charge in [-0.1, -0.05) is 20.8 Å². The molecule has 0 spiro atoms. The third-order valence-corrected chi connectivity index (χ3v) is 3.58. The molecule has 5 heteroatoms. The number of ether oxygens (including phenoxy) is 1. The molecule has 1 heterocycles. The second-order valence-corrected chi connectivity index (χ2v) is 4.60. The summed E-state index contributed by atoms with van der Waals surface area (Å²) in [5, 5.41) is 3.37. The third kappa shape index (κ3) is 4.02. The lowest BCUT2D eigenvalue weighted by Crippen LogP contribution is -2.39. The second-order valence-electron chi connectivity index (χ2n) is 4.34. The van der Waals surface area contributed by atoms with Crippen LogP contribution < -0.4 is 10.1 Å². The van der Waals surface area contributed by atoms with E-state index in [0.29, 0.717) is 24.2 Å². The summed E-state index contributed by atoms with van der Waals surface area (Å²) in [6, 6.07) is 0. The maximum Gasteiger partial charge on any atom is 0.234 e. The Kier molecular flexibility index (Phi) is 6.19. The maximum atomic E-state index is 6.06. The normalized spacial score (nSPS) is 11.3. The van der Waals surface area contributed by atoms with E-state index in [9.17, 15) is 0 Å². The van der Waals surface area contributed by atoms with Crippen molar-refractivity contribution in [2.75, 3.05) is 17.8 Å². The van der Waals surface area contributed by atoms with E-state index < -0.39 is 0 Å². The van der Waals surface area contributed by atoms with Crippen LogP contribution in [0.2, 0.25) is 0 Å². The Morgan fingerprint density at radius 1 is 1.28 bits per heavy atom. The van der Waals surface area contributed by atoms with E-state index in [4.69, 9.17) is 16.3 Å². The fourth-order valence-corrected chi connectivity index (χ4v) is 2.05. The fourth-order valence-electron chi connectivity index (χ4n) is 1.61. The van der Waals surface area contributed by atoms with Gasteiger partial charge in [0.05, 0.1) is 24.5 Å². The quantitative estimate of drug-likeness (QED) is 0.736.